The molecule has 2 aliphatic rings. The molecule has 1 aliphatic heterocycles. The average molecular weight is 298 g/mol. The highest BCUT2D eigenvalue weighted by Crippen LogP contribution is 2.32. The van der Waals surface area contributed by atoms with Crippen molar-refractivity contribution in [2.24, 2.45) is 0 Å². The summed E-state index contributed by atoms with van der Waals surface area (Å²) in [5, 5.41) is 21.6. The summed E-state index contributed by atoms with van der Waals surface area (Å²) in [6.45, 7) is 4.17. The van der Waals surface area contributed by atoms with Crippen LogP contribution in [-0.4, -0.2) is 68.9 Å². The number of β-amino-alcohol motifs (C(OH)–C–C–N with tert-alkyl or cyclic N) is 1. The van der Waals surface area contributed by atoms with E-state index in [-0.39, 0.29) is 0 Å². The fourth-order valence-corrected chi connectivity index (χ4v) is 3.74. The Morgan fingerprint density at radius 1 is 1.25 bits per heavy atom. The first-order valence-electron chi connectivity index (χ1n) is 7.32. The van der Waals surface area contributed by atoms with Crippen LogP contribution in [0.5, 0.6) is 0 Å². The Morgan fingerprint density at radius 3 is 2.55 bits per heavy atom. The minimum absolute atomic E-state index is 0.570. The molecule has 3 rings (SSSR count). The van der Waals surface area contributed by atoms with Crippen molar-refractivity contribution in [3.05, 3.63) is 6.33 Å². The molecule has 0 spiro atoms. The number of aliphatic hydroxyl groups is 2. The number of hydrogen-bond donors (Lipinski definition) is 2. The highest BCUT2D eigenvalue weighted by Gasteiger charge is 2.39. The molecule has 2 fully saturated rings. The summed E-state index contributed by atoms with van der Waals surface area (Å²) >= 11 is 1.42. The lowest BCUT2D eigenvalue weighted by Crippen LogP contribution is -2.53. The molecule has 1 saturated carbocycles. The molecule has 7 heteroatoms. The van der Waals surface area contributed by atoms with Crippen LogP contribution in [0.2, 0.25) is 0 Å². The van der Waals surface area contributed by atoms with Crippen molar-refractivity contribution in [1.29, 1.82) is 0 Å². The number of hydrogen-bond acceptors (Lipinski definition) is 7. The second-order valence-electron chi connectivity index (χ2n) is 5.84. The summed E-state index contributed by atoms with van der Waals surface area (Å²) in [5.74, 6) is 0. The van der Waals surface area contributed by atoms with Gasteiger partial charge in [-0.05, 0) is 12.8 Å². The Balaban J connectivity index is 1.49. The second kappa shape index (κ2) is 5.93. The number of aromatic nitrogens is 2. The van der Waals surface area contributed by atoms with E-state index < -0.39 is 11.7 Å². The van der Waals surface area contributed by atoms with Crippen molar-refractivity contribution in [3.63, 3.8) is 0 Å². The van der Waals surface area contributed by atoms with Crippen molar-refractivity contribution in [2.75, 3.05) is 37.6 Å². The van der Waals surface area contributed by atoms with Gasteiger partial charge in [0.05, 0.1) is 11.7 Å². The van der Waals surface area contributed by atoms with E-state index in [1.807, 2.05) is 0 Å². The van der Waals surface area contributed by atoms with Gasteiger partial charge in [0.1, 0.15) is 6.33 Å². The zero-order valence-electron chi connectivity index (χ0n) is 11.6. The fourth-order valence-electron chi connectivity index (χ4n) is 3.16. The molecular formula is C13H22N4O2S. The van der Waals surface area contributed by atoms with Crippen LogP contribution in [0.1, 0.15) is 25.7 Å². The molecule has 1 unspecified atom stereocenters. The summed E-state index contributed by atoms with van der Waals surface area (Å²) < 4.78 is 4.03. The number of aliphatic hydroxyl groups excluding tert-OH is 1. The molecule has 2 heterocycles. The third-order valence-corrected chi connectivity index (χ3v) is 5.24. The molecular weight excluding hydrogens is 276 g/mol. The Morgan fingerprint density at radius 2 is 1.95 bits per heavy atom. The maximum absolute atomic E-state index is 10.4. The van der Waals surface area contributed by atoms with E-state index in [2.05, 4.69) is 19.2 Å². The predicted molar refractivity (Wildman–Crippen MR) is 78.0 cm³/mol. The Kier molecular flexibility index (Phi) is 4.21. The Labute approximate surface area is 123 Å². The lowest BCUT2D eigenvalue weighted by Gasteiger charge is -2.38. The third kappa shape index (κ3) is 2.95. The average Bonchev–Trinajstić information content (AvgIpc) is 3.11. The molecule has 0 bridgehead atoms. The van der Waals surface area contributed by atoms with Gasteiger partial charge in [-0.25, -0.2) is 4.98 Å². The molecule has 112 valence electrons. The van der Waals surface area contributed by atoms with Crippen LogP contribution in [0, 0.1) is 0 Å². The lowest BCUT2D eigenvalue weighted by molar-refractivity contribution is -0.0818. The van der Waals surface area contributed by atoms with Crippen molar-refractivity contribution in [2.45, 2.75) is 37.4 Å². The number of nitrogens with zero attached hydrogens (tertiary/aromatic N) is 4. The molecule has 1 aromatic rings. The van der Waals surface area contributed by atoms with Crippen LogP contribution >= 0.6 is 11.5 Å². The smallest absolute Gasteiger partial charge is 0.205 e. The first-order chi connectivity index (χ1) is 9.67. The zero-order chi connectivity index (χ0) is 14.0. The van der Waals surface area contributed by atoms with Crippen LogP contribution in [-0.2, 0) is 0 Å². The third-order valence-electron chi connectivity index (χ3n) is 4.51. The van der Waals surface area contributed by atoms with Gasteiger partial charge in [0.2, 0.25) is 5.13 Å². The minimum Gasteiger partial charge on any atom is -0.389 e. The quantitative estimate of drug-likeness (QED) is 0.834. The topological polar surface area (TPSA) is 72.7 Å². The largest absolute Gasteiger partial charge is 0.389 e. The summed E-state index contributed by atoms with van der Waals surface area (Å²) in [6, 6.07) is 0. The molecule has 1 aliphatic carbocycles. The molecule has 1 saturated heterocycles. The van der Waals surface area contributed by atoms with E-state index in [1.165, 1.54) is 11.5 Å². The van der Waals surface area contributed by atoms with Crippen molar-refractivity contribution < 1.29 is 10.2 Å². The van der Waals surface area contributed by atoms with E-state index in [1.54, 1.807) is 6.33 Å². The first-order valence-corrected chi connectivity index (χ1v) is 8.09. The highest BCUT2D eigenvalue weighted by atomic mass is 32.1. The van der Waals surface area contributed by atoms with Gasteiger partial charge in [-0.3, -0.25) is 4.90 Å². The van der Waals surface area contributed by atoms with Gasteiger partial charge in [-0.15, -0.1) is 0 Å². The summed E-state index contributed by atoms with van der Waals surface area (Å²) in [4.78, 5) is 8.69. The van der Waals surface area contributed by atoms with Crippen LogP contribution in [0.4, 0.5) is 5.13 Å². The van der Waals surface area contributed by atoms with Crippen molar-refractivity contribution >= 4 is 16.7 Å². The minimum atomic E-state index is -0.851. The molecule has 20 heavy (non-hydrogen) atoms. The van der Waals surface area contributed by atoms with Gasteiger partial charge >= 0.3 is 0 Å². The van der Waals surface area contributed by atoms with E-state index >= 15 is 0 Å². The molecule has 6 nitrogen and oxygen atoms in total. The standard InChI is InChI=1S/C13H22N4O2S/c18-11(13(19)3-1-2-4-13)9-16-5-7-17(8-6-16)12-14-10-15-20-12/h10-11,18-19H,1-9H2. The zero-order valence-corrected chi connectivity index (χ0v) is 12.4. The highest BCUT2D eigenvalue weighted by molar-refractivity contribution is 7.09. The second-order valence-corrected chi connectivity index (χ2v) is 6.60. The van der Waals surface area contributed by atoms with E-state index in [4.69, 9.17) is 0 Å². The van der Waals surface area contributed by atoms with Crippen LogP contribution < -0.4 is 4.90 Å². The SMILES string of the molecule is OC(CN1CCN(c2ncns2)CC1)C1(O)CCCC1. The van der Waals surface area contributed by atoms with Gasteiger partial charge in [-0.2, -0.15) is 4.37 Å². The van der Waals surface area contributed by atoms with Crippen LogP contribution in [0.15, 0.2) is 6.33 Å². The Bertz CT molecular complexity index is 414. The van der Waals surface area contributed by atoms with Gasteiger partial charge in [0.25, 0.3) is 0 Å². The van der Waals surface area contributed by atoms with Crippen molar-refractivity contribution in [3.8, 4) is 0 Å². The van der Waals surface area contributed by atoms with E-state index in [0.29, 0.717) is 6.54 Å². The molecule has 0 aromatic carbocycles. The maximum Gasteiger partial charge on any atom is 0.205 e. The molecule has 1 aromatic heterocycles. The number of rotatable bonds is 4. The predicted octanol–water partition coefficient (Wildman–Crippen LogP) is 0.326. The lowest BCUT2D eigenvalue weighted by atomic mass is 9.94. The summed E-state index contributed by atoms with van der Waals surface area (Å²) in [7, 11) is 0. The number of piperazine rings is 1. The normalized spacial score (nSPS) is 25.0. The molecule has 1 atom stereocenters. The monoisotopic (exact) mass is 298 g/mol. The fraction of sp³-hybridized carbons (Fsp3) is 0.846. The van der Waals surface area contributed by atoms with Crippen LogP contribution in [0.25, 0.3) is 0 Å². The molecule has 2 N–H and O–H groups in total. The van der Waals surface area contributed by atoms with E-state index in [9.17, 15) is 10.2 Å². The van der Waals surface area contributed by atoms with Crippen molar-refractivity contribution in [1.82, 2.24) is 14.3 Å². The molecule has 0 radical (unpaired) electrons. The van der Waals surface area contributed by atoms with E-state index in [0.717, 1.165) is 57.0 Å². The maximum atomic E-state index is 10.4. The van der Waals surface area contributed by atoms with Crippen LogP contribution in [0.3, 0.4) is 0 Å². The first kappa shape index (κ1) is 14.2. The van der Waals surface area contributed by atoms with Gasteiger partial charge in [0.15, 0.2) is 0 Å². The summed E-state index contributed by atoms with van der Waals surface area (Å²) in [5.41, 5.74) is -0.851. The molecule has 0 amide bonds. The van der Waals surface area contributed by atoms with Gasteiger partial charge in [-0.1, -0.05) is 12.8 Å². The van der Waals surface area contributed by atoms with Gasteiger partial charge < -0.3 is 15.1 Å². The number of anilines is 1. The van der Waals surface area contributed by atoms with Gasteiger partial charge in [0, 0.05) is 44.3 Å². The summed E-state index contributed by atoms with van der Waals surface area (Å²) in [6.07, 6.45) is 4.48. The Hall–Kier alpha value is -0.760.